The monoisotopic (exact) mass is 211 g/mol. The fourth-order valence-corrected chi connectivity index (χ4v) is 1.31. The molecule has 1 aromatic rings. The van der Waals surface area contributed by atoms with E-state index in [2.05, 4.69) is 0 Å². The van der Waals surface area contributed by atoms with Gasteiger partial charge in [0, 0.05) is 17.0 Å². The summed E-state index contributed by atoms with van der Waals surface area (Å²) in [4.78, 5) is 0. The Morgan fingerprint density at radius 2 is 2.15 bits per heavy atom. The summed E-state index contributed by atoms with van der Waals surface area (Å²) in [6, 6.07) is 3.84. The molecule has 0 saturated carbocycles. The first-order chi connectivity index (χ1) is 5.59. The summed E-state index contributed by atoms with van der Waals surface area (Å²) in [6.07, 6.45) is 0. The van der Waals surface area contributed by atoms with E-state index in [9.17, 15) is 13.2 Å². The summed E-state index contributed by atoms with van der Waals surface area (Å²) >= 11 is -2.28. The molecule has 2 N–H and O–H groups in total. The van der Waals surface area contributed by atoms with Gasteiger partial charge in [-0.15, -0.1) is 0 Å². The molecule has 13 heavy (non-hydrogen) atoms. The van der Waals surface area contributed by atoms with Crippen molar-refractivity contribution in [2.24, 2.45) is 0 Å². The van der Waals surface area contributed by atoms with Crippen LogP contribution < -0.4 is 35.3 Å². The summed E-state index contributed by atoms with van der Waals surface area (Å²) < 4.78 is 33.3. The molecule has 0 amide bonds. The van der Waals surface area contributed by atoms with Crippen molar-refractivity contribution in [3.8, 4) is 0 Å². The van der Waals surface area contributed by atoms with Gasteiger partial charge < -0.3 is 10.3 Å². The van der Waals surface area contributed by atoms with Crippen molar-refractivity contribution in [2.45, 2.75) is 5.75 Å². The quantitative estimate of drug-likeness (QED) is 0.343. The van der Waals surface area contributed by atoms with Gasteiger partial charge in [-0.25, -0.2) is 4.39 Å². The number of hydrogen-bond acceptors (Lipinski definition) is 3. The number of anilines is 1. The molecule has 0 radical (unpaired) electrons. The zero-order valence-corrected chi connectivity index (χ0v) is 9.94. The summed E-state index contributed by atoms with van der Waals surface area (Å²) in [6.45, 7) is 0. The molecule has 0 aliphatic rings. The summed E-state index contributed by atoms with van der Waals surface area (Å²) in [5.41, 5.74) is 5.79. The SMILES string of the molecule is Nc1ccc(F)c(CS(=O)[O-])c1.[Na+]. The van der Waals surface area contributed by atoms with Crippen LogP contribution in [0.25, 0.3) is 0 Å². The predicted octanol–water partition coefficient (Wildman–Crippen LogP) is -2.21. The minimum atomic E-state index is -2.28. The Balaban J connectivity index is 0.00000144. The van der Waals surface area contributed by atoms with E-state index in [1.807, 2.05) is 0 Å². The predicted molar refractivity (Wildman–Crippen MR) is 43.4 cm³/mol. The number of nitrogen functional groups attached to an aromatic ring is 1. The minimum absolute atomic E-state index is 0. The van der Waals surface area contributed by atoms with Gasteiger partial charge >= 0.3 is 29.6 Å². The Hall–Kier alpha value is 0.0600. The molecule has 0 aromatic heterocycles. The molecule has 3 nitrogen and oxygen atoms in total. The molecule has 0 spiro atoms. The molecule has 0 saturated heterocycles. The van der Waals surface area contributed by atoms with Crippen LogP contribution in [-0.4, -0.2) is 8.76 Å². The van der Waals surface area contributed by atoms with E-state index in [0.717, 1.165) is 6.07 Å². The first kappa shape index (κ1) is 13.1. The molecule has 1 rings (SSSR count). The van der Waals surface area contributed by atoms with Crippen molar-refractivity contribution in [3.05, 3.63) is 29.6 Å². The molecular formula is C7H7FNNaO2S. The van der Waals surface area contributed by atoms with Crippen LogP contribution in [0.15, 0.2) is 18.2 Å². The first-order valence-electron chi connectivity index (χ1n) is 3.19. The van der Waals surface area contributed by atoms with E-state index in [4.69, 9.17) is 5.73 Å². The average Bonchev–Trinajstić information content (AvgIpc) is 1.96. The van der Waals surface area contributed by atoms with Crippen molar-refractivity contribution in [1.82, 2.24) is 0 Å². The fraction of sp³-hybridized carbons (Fsp3) is 0.143. The molecule has 1 aromatic carbocycles. The first-order valence-corrected chi connectivity index (χ1v) is 4.44. The minimum Gasteiger partial charge on any atom is -0.772 e. The Morgan fingerprint density at radius 1 is 1.54 bits per heavy atom. The third-order valence-corrected chi connectivity index (χ3v) is 1.89. The van der Waals surface area contributed by atoms with Gasteiger partial charge in [-0.1, -0.05) is 11.1 Å². The number of halogens is 1. The fourth-order valence-electron chi connectivity index (χ4n) is 0.832. The number of rotatable bonds is 2. The third-order valence-electron chi connectivity index (χ3n) is 1.34. The van der Waals surface area contributed by atoms with Crippen molar-refractivity contribution >= 4 is 16.8 Å². The van der Waals surface area contributed by atoms with Gasteiger partial charge in [-0.3, -0.25) is 4.21 Å². The maximum Gasteiger partial charge on any atom is 1.00 e. The van der Waals surface area contributed by atoms with E-state index in [1.165, 1.54) is 12.1 Å². The van der Waals surface area contributed by atoms with Gasteiger partial charge in [-0.05, 0) is 18.2 Å². The van der Waals surface area contributed by atoms with Crippen molar-refractivity contribution in [3.63, 3.8) is 0 Å². The van der Waals surface area contributed by atoms with Gasteiger partial charge in [0.05, 0.1) is 0 Å². The Kier molecular flexibility index (Phi) is 5.75. The second-order valence-corrected chi connectivity index (χ2v) is 3.20. The molecular weight excluding hydrogens is 204 g/mol. The van der Waals surface area contributed by atoms with E-state index in [0.29, 0.717) is 5.69 Å². The van der Waals surface area contributed by atoms with E-state index >= 15 is 0 Å². The third kappa shape index (κ3) is 4.19. The van der Waals surface area contributed by atoms with E-state index in [-0.39, 0.29) is 40.9 Å². The van der Waals surface area contributed by atoms with Crippen LogP contribution >= 0.6 is 0 Å². The maximum absolute atomic E-state index is 12.8. The zero-order chi connectivity index (χ0) is 9.14. The van der Waals surface area contributed by atoms with Crippen LogP contribution in [0.4, 0.5) is 10.1 Å². The topological polar surface area (TPSA) is 66.2 Å². The average molecular weight is 211 g/mol. The van der Waals surface area contributed by atoms with Gasteiger partial charge in [-0.2, -0.15) is 0 Å². The van der Waals surface area contributed by atoms with Crippen LogP contribution in [0, 0.1) is 5.82 Å². The molecule has 1 atom stereocenters. The smallest absolute Gasteiger partial charge is 0.772 e. The maximum atomic E-state index is 12.8. The number of benzene rings is 1. The molecule has 0 fully saturated rings. The second kappa shape index (κ2) is 5.72. The normalized spacial score (nSPS) is 11.8. The van der Waals surface area contributed by atoms with Gasteiger partial charge in [0.15, 0.2) is 0 Å². The van der Waals surface area contributed by atoms with E-state index in [1.54, 1.807) is 0 Å². The van der Waals surface area contributed by atoms with Gasteiger partial charge in [0.1, 0.15) is 5.82 Å². The van der Waals surface area contributed by atoms with Crippen molar-refractivity contribution in [2.75, 3.05) is 5.73 Å². The Morgan fingerprint density at radius 3 is 2.69 bits per heavy atom. The van der Waals surface area contributed by atoms with Crippen LogP contribution in [0.1, 0.15) is 5.56 Å². The molecule has 0 bridgehead atoms. The molecule has 0 aliphatic carbocycles. The Bertz CT molecular complexity index is 321. The molecule has 66 valence electrons. The summed E-state index contributed by atoms with van der Waals surface area (Å²) in [5, 5.41) is 0. The van der Waals surface area contributed by atoms with Crippen LogP contribution in [0.2, 0.25) is 0 Å². The van der Waals surface area contributed by atoms with Crippen molar-refractivity contribution < 1.29 is 42.7 Å². The van der Waals surface area contributed by atoms with E-state index < -0.39 is 16.9 Å². The van der Waals surface area contributed by atoms with Crippen molar-refractivity contribution in [1.29, 1.82) is 0 Å². The van der Waals surface area contributed by atoms with Gasteiger partial charge in [0.2, 0.25) is 0 Å². The molecule has 6 heteroatoms. The largest absolute Gasteiger partial charge is 1.00 e. The van der Waals surface area contributed by atoms with Crippen LogP contribution in [0.5, 0.6) is 0 Å². The summed E-state index contributed by atoms with van der Waals surface area (Å²) in [5.74, 6) is -0.884. The zero-order valence-electron chi connectivity index (χ0n) is 7.12. The second-order valence-electron chi connectivity index (χ2n) is 2.30. The summed E-state index contributed by atoms with van der Waals surface area (Å²) in [7, 11) is 0. The number of hydrogen-bond donors (Lipinski definition) is 1. The molecule has 1 unspecified atom stereocenters. The standard InChI is InChI=1S/C7H8FNO2S.Na/c8-7-2-1-6(9)3-5(7)4-12(10)11;/h1-3H,4,9H2,(H,10,11);/q;+1/p-1. The van der Waals surface area contributed by atoms with Gasteiger partial charge in [0.25, 0.3) is 0 Å². The molecule has 0 aliphatic heterocycles. The van der Waals surface area contributed by atoms with Crippen LogP contribution in [0.3, 0.4) is 0 Å². The van der Waals surface area contributed by atoms with Crippen LogP contribution in [-0.2, 0) is 16.8 Å². The number of nitrogens with two attached hydrogens (primary N) is 1. The Labute approximate surface area is 100 Å². The molecule has 0 heterocycles.